The second kappa shape index (κ2) is 9.55. The number of hydrogen-bond donors (Lipinski definition) is 3. The highest BCUT2D eigenvalue weighted by Crippen LogP contribution is 2.19. The minimum atomic E-state index is -0.752. The summed E-state index contributed by atoms with van der Waals surface area (Å²) in [5.74, 6) is -0.968. The predicted molar refractivity (Wildman–Crippen MR) is 107 cm³/mol. The molecule has 7 heteroatoms. The van der Waals surface area contributed by atoms with Crippen LogP contribution in [0.25, 0.3) is 0 Å². The van der Waals surface area contributed by atoms with E-state index in [-0.39, 0.29) is 17.7 Å². The molecule has 3 amide bonds. The summed E-state index contributed by atoms with van der Waals surface area (Å²) < 4.78 is 5.49. The summed E-state index contributed by atoms with van der Waals surface area (Å²) in [7, 11) is 0. The van der Waals surface area contributed by atoms with Gasteiger partial charge in [0.2, 0.25) is 11.8 Å². The van der Waals surface area contributed by atoms with Crippen molar-refractivity contribution >= 4 is 23.4 Å². The highest BCUT2D eigenvalue weighted by molar-refractivity contribution is 6.02. The zero-order chi connectivity index (χ0) is 20.7. The van der Waals surface area contributed by atoms with Gasteiger partial charge in [0.25, 0.3) is 5.91 Å². The monoisotopic (exact) mass is 383 g/mol. The lowest BCUT2D eigenvalue weighted by atomic mass is 10.0. The first-order valence-corrected chi connectivity index (χ1v) is 9.07. The van der Waals surface area contributed by atoms with Crippen molar-refractivity contribution in [2.24, 2.45) is 11.7 Å². The highest BCUT2D eigenvalue weighted by atomic mass is 16.5. The quantitative estimate of drug-likeness (QED) is 0.650. The minimum absolute atomic E-state index is 0.145. The van der Waals surface area contributed by atoms with E-state index in [2.05, 4.69) is 10.6 Å². The molecule has 0 saturated heterocycles. The highest BCUT2D eigenvalue weighted by Gasteiger charge is 2.26. The second-order valence-electron chi connectivity index (χ2n) is 6.56. The third-order valence-corrected chi connectivity index (χ3v) is 4.10. The van der Waals surface area contributed by atoms with Crippen LogP contribution in [-0.4, -0.2) is 30.4 Å². The molecule has 1 unspecified atom stereocenters. The van der Waals surface area contributed by atoms with Crippen molar-refractivity contribution in [2.75, 3.05) is 11.9 Å². The summed E-state index contributed by atoms with van der Waals surface area (Å²) in [6.07, 6.45) is 0. The molecule has 2 rings (SSSR count). The molecule has 0 spiro atoms. The molecular formula is C21H25N3O4. The molecule has 0 aliphatic carbocycles. The third kappa shape index (κ3) is 5.33. The fourth-order valence-electron chi connectivity index (χ4n) is 2.63. The molecule has 0 aliphatic heterocycles. The maximum atomic E-state index is 12.7. The SMILES string of the molecule is CCOc1ccccc1C(=O)NC(C(=O)Nc1ccc(C(N)=O)cc1)C(C)C. The summed E-state index contributed by atoms with van der Waals surface area (Å²) in [6, 6.07) is 12.4. The van der Waals surface area contributed by atoms with Crippen LogP contribution in [0, 0.1) is 5.92 Å². The summed E-state index contributed by atoms with van der Waals surface area (Å²) >= 11 is 0. The largest absolute Gasteiger partial charge is 0.493 e. The molecule has 148 valence electrons. The number of carbonyl (C=O) groups excluding carboxylic acids is 3. The lowest BCUT2D eigenvalue weighted by molar-refractivity contribution is -0.118. The molecule has 0 fully saturated rings. The number of ether oxygens (including phenoxy) is 1. The van der Waals surface area contributed by atoms with Crippen LogP contribution in [0.4, 0.5) is 5.69 Å². The van der Waals surface area contributed by atoms with Gasteiger partial charge >= 0.3 is 0 Å². The van der Waals surface area contributed by atoms with E-state index in [4.69, 9.17) is 10.5 Å². The number of para-hydroxylation sites is 1. The summed E-state index contributed by atoms with van der Waals surface area (Å²) in [5.41, 5.74) is 6.43. The van der Waals surface area contributed by atoms with Gasteiger partial charge in [0.1, 0.15) is 11.8 Å². The fourth-order valence-corrected chi connectivity index (χ4v) is 2.63. The zero-order valence-electron chi connectivity index (χ0n) is 16.2. The summed E-state index contributed by atoms with van der Waals surface area (Å²) in [4.78, 5) is 36.6. The molecule has 28 heavy (non-hydrogen) atoms. The van der Waals surface area contributed by atoms with Crippen LogP contribution in [0.1, 0.15) is 41.5 Å². The van der Waals surface area contributed by atoms with Gasteiger partial charge in [-0.2, -0.15) is 0 Å². The first-order valence-electron chi connectivity index (χ1n) is 9.07. The zero-order valence-corrected chi connectivity index (χ0v) is 16.2. The Morgan fingerprint density at radius 3 is 2.25 bits per heavy atom. The van der Waals surface area contributed by atoms with E-state index < -0.39 is 11.9 Å². The second-order valence-corrected chi connectivity index (χ2v) is 6.56. The standard InChI is InChI=1S/C21H25N3O4/c1-4-28-17-8-6-5-7-16(17)20(26)24-18(13(2)3)21(27)23-15-11-9-14(10-12-15)19(22)25/h5-13,18H,4H2,1-3H3,(H2,22,25)(H,23,27)(H,24,26). The van der Waals surface area contributed by atoms with Crippen LogP contribution in [-0.2, 0) is 4.79 Å². The number of nitrogens with two attached hydrogens (primary N) is 1. The molecule has 0 radical (unpaired) electrons. The number of hydrogen-bond acceptors (Lipinski definition) is 4. The van der Waals surface area contributed by atoms with Crippen molar-refractivity contribution in [1.29, 1.82) is 0 Å². The average molecular weight is 383 g/mol. The van der Waals surface area contributed by atoms with E-state index >= 15 is 0 Å². The Kier molecular flexibility index (Phi) is 7.14. The molecule has 0 heterocycles. The first kappa shape index (κ1) is 21.0. The number of primary amides is 1. The molecular weight excluding hydrogens is 358 g/mol. The fraction of sp³-hybridized carbons (Fsp3) is 0.286. The van der Waals surface area contributed by atoms with Gasteiger partial charge in [-0.05, 0) is 49.2 Å². The Morgan fingerprint density at radius 2 is 1.68 bits per heavy atom. The predicted octanol–water partition coefficient (Wildman–Crippen LogP) is 2.58. The molecule has 0 aliphatic rings. The van der Waals surface area contributed by atoms with E-state index in [1.807, 2.05) is 20.8 Å². The molecule has 4 N–H and O–H groups in total. The molecule has 0 bridgehead atoms. The molecule has 2 aromatic carbocycles. The van der Waals surface area contributed by atoms with E-state index in [1.165, 1.54) is 12.1 Å². The molecule has 1 atom stereocenters. The summed E-state index contributed by atoms with van der Waals surface area (Å²) in [6.45, 7) is 5.95. The van der Waals surface area contributed by atoms with Crippen molar-refractivity contribution < 1.29 is 19.1 Å². The van der Waals surface area contributed by atoms with Crippen molar-refractivity contribution in [3.8, 4) is 5.75 Å². The number of rotatable bonds is 8. The van der Waals surface area contributed by atoms with Crippen LogP contribution >= 0.6 is 0 Å². The van der Waals surface area contributed by atoms with Crippen LogP contribution in [0.2, 0.25) is 0 Å². The maximum absolute atomic E-state index is 12.7. The molecule has 0 aromatic heterocycles. The number of anilines is 1. The van der Waals surface area contributed by atoms with Gasteiger partial charge in [-0.25, -0.2) is 0 Å². The Bertz CT molecular complexity index is 847. The van der Waals surface area contributed by atoms with Crippen LogP contribution in [0.15, 0.2) is 48.5 Å². The number of benzene rings is 2. The smallest absolute Gasteiger partial charge is 0.255 e. The molecule has 0 saturated carbocycles. The topological polar surface area (TPSA) is 111 Å². The van der Waals surface area contributed by atoms with Gasteiger partial charge < -0.3 is 21.1 Å². The van der Waals surface area contributed by atoms with Crippen molar-refractivity contribution in [3.63, 3.8) is 0 Å². The van der Waals surface area contributed by atoms with Crippen molar-refractivity contribution in [1.82, 2.24) is 5.32 Å². The van der Waals surface area contributed by atoms with Gasteiger partial charge in [0, 0.05) is 11.3 Å². The minimum Gasteiger partial charge on any atom is -0.493 e. The van der Waals surface area contributed by atoms with E-state index in [0.29, 0.717) is 29.2 Å². The van der Waals surface area contributed by atoms with Crippen molar-refractivity contribution in [3.05, 3.63) is 59.7 Å². The number of carbonyl (C=O) groups is 3. The lowest BCUT2D eigenvalue weighted by Crippen LogP contribution is -2.47. The Balaban J connectivity index is 2.13. The number of nitrogens with one attached hydrogen (secondary N) is 2. The number of amides is 3. The van der Waals surface area contributed by atoms with E-state index in [0.717, 1.165) is 0 Å². The summed E-state index contributed by atoms with van der Waals surface area (Å²) in [5, 5.41) is 5.53. The van der Waals surface area contributed by atoms with Crippen LogP contribution in [0.3, 0.4) is 0 Å². The molecule has 2 aromatic rings. The normalized spacial score (nSPS) is 11.6. The first-order chi connectivity index (χ1) is 13.3. The van der Waals surface area contributed by atoms with Gasteiger partial charge in [-0.3, -0.25) is 14.4 Å². The maximum Gasteiger partial charge on any atom is 0.255 e. The average Bonchev–Trinajstić information content (AvgIpc) is 2.66. The Labute approximate surface area is 164 Å². The van der Waals surface area contributed by atoms with Crippen LogP contribution < -0.4 is 21.1 Å². The molecule has 7 nitrogen and oxygen atoms in total. The van der Waals surface area contributed by atoms with Gasteiger partial charge in [-0.1, -0.05) is 26.0 Å². The van der Waals surface area contributed by atoms with Crippen LogP contribution in [0.5, 0.6) is 5.75 Å². The van der Waals surface area contributed by atoms with Gasteiger partial charge in [-0.15, -0.1) is 0 Å². The Morgan fingerprint density at radius 1 is 1.04 bits per heavy atom. The lowest BCUT2D eigenvalue weighted by Gasteiger charge is -2.22. The van der Waals surface area contributed by atoms with Crippen molar-refractivity contribution in [2.45, 2.75) is 26.8 Å². The van der Waals surface area contributed by atoms with Gasteiger partial charge in [0.05, 0.1) is 12.2 Å². The van der Waals surface area contributed by atoms with E-state index in [1.54, 1.807) is 36.4 Å². The van der Waals surface area contributed by atoms with Gasteiger partial charge in [0.15, 0.2) is 0 Å². The Hall–Kier alpha value is -3.35. The van der Waals surface area contributed by atoms with E-state index in [9.17, 15) is 14.4 Å². The third-order valence-electron chi connectivity index (χ3n) is 4.10.